The third-order valence-corrected chi connectivity index (χ3v) is 0.902. The molecule has 0 amide bonds. The van der Waals surface area contributed by atoms with Crippen molar-refractivity contribution in [1.29, 1.82) is 0 Å². The van der Waals surface area contributed by atoms with Crippen molar-refractivity contribution in [3.8, 4) is 0 Å². The van der Waals surface area contributed by atoms with Crippen molar-refractivity contribution >= 4 is 11.9 Å². The molecule has 0 atom stereocenters. The van der Waals surface area contributed by atoms with Crippen LogP contribution in [0.5, 0.6) is 0 Å². The van der Waals surface area contributed by atoms with E-state index in [1.165, 1.54) is 6.08 Å². The number of carboxylic acids is 1. The maximum absolute atomic E-state index is 9.94. The van der Waals surface area contributed by atoms with Crippen LogP contribution in [0.1, 0.15) is 0 Å². The Morgan fingerprint density at radius 3 is 2.91 bits per heavy atom. The summed E-state index contributed by atoms with van der Waals surface area (Å²) in [5.41, 5.74) is 5.25. The predicted octanol–water partition coefficient (Wildman–Crippen LogP) is -0.839. The predicted molar refractivity (Wildman–Crippen MR) is 42.3 cm³/mol. The van der Waals surface area contributed by atoms with Crippen LogP contribution in [0.2, 0.25) is 0 Å². The Morgan fingerprint density at radius 2 is 2.45 bits per heavy atom. The van der Waals surface area contributed by atoms with Crippen molar-refractivity contribution in [1.82, 2.24) is 5.32 Å². The average molecular weight is 157 g/mol. The number of aliphatic imine (C=N–C) groups is 1. The van der Waals surface area contributed by atoms with Crippen LogP contribution in [0, 0.1) is 0 Å². The summed E-state index contributed by atoms with van der Waals surface area (Å²) in [6, 6.07) is 0. The topological polar surface area (TPSA) is 87.7 Å². The maximum Gasteiger partial charge on any atom is 0.328 e. The monoisotopic (exact) mass is 157 g/mol. The fourth-order valence-corrected chi connectivity index (χ4v) is 0.402. The molecule has 0 aliphatic heterocycles. The van der Waals surface area contributed by atoms with E-state index in [9.17, 15) is 4.79 Å². The zero-order valence-electron chi connectivity index (χ0n) is 6.24. The van der Waals surface area contributed by atoms with E-state index in [0.717, 1.165) is 6.08 Å². The highest BCUT2D eigenvalue weighted by molar-refractivity contribution is 5.80. The summed E-state index contributed by atoms with van der Waals surface area (Å²) < 4.78 is 0. The molecule has 0 unspecified atom stereocenters. The molecular weight excluding hydrogens is 146 g/mol. The number of nitrogens with two attached hydrogens (primary N) is 1. The zero-order chi connectivity index (χ0) is 8.69. The number of aliphatic carboxylic acids is 1. The number of hydrogen-bond acceptors (Lipinski definition) is 2. The molecule has 4 N–H and O–H groups in total. The molecule has 0 aromatic rings. The maximum atomic E-state index is 9.94. The average Bonchev–Trinajstić information content (AvgIpc) is 1.97. The molecule has 62 valence electrons. The van der Waals surface area contributed by atoms with Gasteiger partial charge in [0.15, 0.2) is 5.96 Å². The van der Waals surface area contributed by atoms with Crippen LogP contribution in [-0.4, -0.2) is 30.6 Å². The SMILES string of the molecule is CN=C(N)NC/C=C/C(=O)O. The van der Waals surface area contributed by atoms with E-state index in [2.05, 4.69) is 10.3 Å². The van der Waals surface area contributed by atoms with Crippen molar-refractivity contribution in [2.24, 2.45) is 10.7 Å². The highest BCUT2D eigenvalue weighted by Gasteiger charge is 1.85. The van der Waals surface area contributed by atoms with Crippen LogP contribution in [0.25, 0.3) is 0 Å². The molecule has 0 saturated heterocycles. The van der Waals surface area contributed by atoms with Gasteiger partial charge in [-0.1, -0.05) is 6.08 Å². The van der Waals surface area contributed by atoms with Crippen molar-refractivity contribution < 1.29 is 9.90 Å². The lowest BCUT2D eigenvalue weighted by atomic mass is 10.5. The van der Waals surface area contributed by atoms with Gasteiger partial charge in [-0.15, -0.1) is 0 Å². The van der Waals surface area contributed by atoms with E-state index < -0.39 is 5.97 Å². The molecule has 11 heavy (non-hydrogen) atoms. The van der Waals surface area contributed by atoms with Gasteiger partial charge in [0.25, 0.3) is 0 Å². The zero-order valence-corrected chi connectivity index (χ0v) is 6.24. The third-order valence-electron chi connectivity index (χ3n) is 0.902. The Kier molecular flexibility index (Phi) is 4.55. The summed E-state index contributed by atoms with van der Waals surface area (Å²) in [7, 11) is 1.54. The second-order valence-corrected chi connectivity index (χ2v) is 1.73. The van der Waals surface area contributed by atoms with Gasteiger partial charge in [-0.05, 0) is 0 Å². The smallest absolute Gasteiger partial charge is 0.328 e. The Balaban J connectivity index is 3.49. The van der Waals surface area contributed by atoms with Crippen LogP contribution < -0.4 is 11.1 Å². The minimum absolute atomic E-state index is 0.292. The molecule has 0 spiro atoms. The summed E-state index contributed by atoms with van der Waals surface area (Å²) >= 11 is 0. The fourth-order valence-electron chi connectivity index (χ4n) is 0.402. The summed E-state index contributed by atoms with van der Waals surface area (Å²) in [4.78, 5) is 13.5. The molecule has 0 aromatic carbocycles. The van der Waals surface area contributed by atoms with Gasteiger partial charge in [0.2, 0.25) is 0 Å². The molecule has 0 aliphatic carbocycles. The first kappa shape index (κ1) is 9.48. The number of hydrogen-bond donors (Lipinski definition) is 3. The third kappa shape index (κ3) is 6.36. The van der Waals surface area contributed by atoms with Crippen molar-refractivity contribution in [3.63, 3.8) is 0 Å². The van der Waals surface area contributed by atoms with Crippen LogP contribution in [0.3, 0.4) is 0 Å². The fraction of sp³-hybridized carbons (Fsp3) is 0.333. The molecule has 0 fully saturated rings. The van der Waals surface area contributed by atoms with Gasteiger partial charge >= 0.3 is 5.97 Å². The highest BCUT2D eigenvalue weighted by atomic mass is 16.4. The van der Waals surface area contributed by atoms with Gasteiger partial charge in [-0.25, -0.2) is 4.79 Å². The van der Waals surface area contributed by atoms with E-state index >= 15 is 0 Å². The quantitative estimate of drug-likeness (QED) is 0.283. The highest BCUT2D eigenvalue weighted by Crippen LogP contribution is 1.70. The van der Waals surface area contributed by atoms with Gasteiger partial charge < -0.3 is 16.2 Å². The van der Waals surface area contributed by atoms with Gasteiger partial charge in [0, 0.05) is 19.7 Å². The molecule has 0 radical (unpaired) electrons. The van der Waals surface area contributed by atoms with Gasteiger partial charge in [-0.3, -0.25) is 4.99 Å². The number of carboxylic acid groups (broad SMARTS) is 1. The summed E-state index contributed by atoms with van der Waals surface area (Å²) in [6.07, 6.45) is 2.48. The minimum atomic E-state index is -0.973. The Labute approximate surface area is 64.6 Å². The largest absolute Gasteiger partial charge is 0.478 e. The Morgan fingerprint density at radius 1 is 1.82 bits per heavy atom. The second kappa shape index (κ2) is 5.28. The van der Waals surface area contributed by atoms with E-state index in [0.29, 0.717) is 12.5 Å². The second-order valence-electron chi connectivity index (χ2n) is 1.73. The lowest BCUT2D eigenvalue weighted by molar-refractivity contribution is -0.131. The minimum Gasteiger partial charge on any atom is -0.478 e. The van der Waals surface area contributed by atoms with Gasteiger partial charge in [0.05, 0.1) is 0 Å². The van der Waals surface area contributed by atoms with Gasteiger partial charge in [-0.2, -0.15) is 0 Å². The summed E-state index contributed by atoms with van der Waals surface area (Å²) in [6.45, 7) is 0.371. The molecule has 0 saturated carbocycles. The normalized spacial score (nSPS) is 11.9. The summed E-state index contributed by atoms with van der Waals surface area (Å²) in [5, 5.41) is 10.8. The van der Waals surface area contributed by atoms with E-state index in [4.69, 9.17) is 10.8 Å². The van der Waals surface area contributed by atoms with E-state index in [-0.39, 0.29) is 0 Å². The number of carbonyl (C=O) groups is 1. The molecular formula is C6H11N3O2. The first-order valence-electron chi connectivity index (χ1n) is 3.02. The Bertz CT molecular complexity index is 186. The standard InChI is InChI=1S/C6H11N3O2/c1-8-6(7)9-4-2-3-5(10)11/h2-3H,4H2,1H3,(H,10,11)(H3,7,8,9)/b3-2+. The first-order valence-corrected chi connectivity index (χ1v) is 3.02. The molecule has 0 bridgehead atoms. The van der Waals surface area contributed by atoms with Crippen LogP contribution in [-0.2, 0) is 4.79 Å². The molecule has 0 heterocycles. The first-order chi connectivity index (χ1) is 5.16. The molecule has 5 heteroatoms. The summed E-state index contributed by atoms with van der Waals surface area (Å²) in [5.74, 6) is -0.682. The van der Waals surface area contributed by atoms with Crippen molar-refractivity contribution in [3.05, 3.63) is 12.2 Å². The van der Waals surface area contributed by atoms with Crippen molar-refractivity contribution in [2.75, 3.05) is 13.6 Å². The van der Waals surface area contributed by atoms with Crippen LogP contribution in [0.4, 0.5) is 0 Å². The van der Waals surface area contributed by atoms with Crippen molar-refractivity contribution in [2.45, 2.75) is 0 Å². The molecule has 0 rings (SSSR count). The van der Waals surface area contributed by atoms with Crippen LogP contribution >= 0.6 is 0 Å². The molecule has 5 nitrogen and oxygen atoms in total. The Hall–Kier alpha value is -1.52. The lowest BCUT2D eigenvalue weighted by Crippen LogP contribution is -2.31. The lowest BCUT2D eigenvalue weighted by Gasteiger charge is -1.97. The van der Waals surface area contributed by atoms with E-state index in [1.54, 1.807) is 7.05 Å². The number of guanidine groups is 1. The molecule has 0 aromatic heterocycles. The number of rotatable bonds is 3. The van der Waals surface area contributed by atoms with Crippen LogP contribution in [0.15, 0.2) is 17.1 Å². The van der Waals surface area contributed by atoms with E-state index in [1.807, 2.05) is 0 Å². The van der Waals surface area contributed by atoms with Gasteiger partial charge in [0.1, 0.15) is 0 Å². The molecule has 0 aliphatic rings. The number of nitrogens with one attached hydrogen (secondary N) is 1. The number of nitrogens with zero attached hydrogens (tertiary/aromatic N) is 1.